The van der Waals surface area contributed by atoms with Gasteiger partial charge in [-0.15, -0.1) is 0 Å². The van der Waals surface area contributed by atoms with Gasteiger partial charge in [0.05, 0.1) is 17.1 Å². The van der Waals surface area contributed by atoms with Gasteiger partial charge in [0.1, 0.15) is 0 Å². The van der Waals surface area contributed by atoms with Crippen LogP contribution in [0.15, 0.2) is 18.2 Å². The molecule has 0 spiro atoms. The number of benzene rings is 1. The van der Waals surface area contributed by atoms with Crippen LogP contribution in [-0.4, -0.2) is 11.2 Å². The Balaban J connectivity index is 2.06. The predicted molar refractivity (Wildman–Crippen MR) is 98.5 cm³/mol. The fourth-order valence-electron chi connectivity index (χ4n) is 4.15. The zero-order valence-electron chi connectivity index (χ0n) is 14.6. The Hall–Kier alpha value is -2.21. The molecule has 0 unspecified atom stereocenters. The van der Waals surface area contributed by atoms with Crippen molar-refractivity contribution in [1.29, 1.82) is 10.7 Å². The lowest BCUT2D eigenvalue weighted by Gasteiger charge is -2.28. The average molecular weight is 319 g/mol. The lowest BCUT2D eigenvalue weighted by molar-refractivity contribution is 0.262. The molecule has 1 aromatic carbocycles. The van der Waals surface area contributed by atoms with Crippen molar-refractivity contribution in [2.24, 2.45) is 11.8 Å². The zero-order chi connectivity index (χ0) is 17.1. The largest absolute Gasteiger partial charge is 0.308 e. The highest BCUT2D eigenvalue weighted by atomic mass is 14.7. The van der Waals surface area contributed by atoms with Crippen molar-refractivity contribution < 1.29 is 0 Å². The number of pyridine rings is 1. The maximum absolute atomic E-state index is 9.24. The van der Waals surface area contributed by atoms with Crippen LogP contribution in [0, 0.1) is 35.5 Å². The molecule has 0 bridgehead atoms. The SMILES string of the molecule is Cc1nc2ccc(C#N)cc2c(C[C@H](C)C2CCCCC2)c1C=N. The third kappa shape index (κ3) is 3.19. The number of fused-ring (bicyclic) bond motifs is 1. The molecule has 1 N–H and O–H groups in total. The molecular weight excluding hydrogens is 294 g/mol. The summed E-state index contributed by atoms with van der Waals surface area (Å²) in [4.78, 5) is 4.64. The summed E-state index contributed by atoms with van der Waals surface area (Å²) in [6.07, 6.45) is 9.12. The standard InChI is InChI=1S/C21H25N3/c1-14(17-6-4-3-5-7-17)10-18-19-11-16(12-22)8-9-21(19)24-15(2)20(18)13-23/h8-9,11,13-14,17,23H,3-7,10H2,1-2H3/t14-/m0/s1. The second-order valence-corrected chi connectivity index (χ2v) is 7.16. The van der Waals surface area contributed by atoms with Crippen molar-refractivity contribution in [2.75, 3.05) is 0 Å². The number of aromatic nitrogens is 1. The molecule has 0 radical (unpaired) electrons. The third-order valence-corrected chi connectivity index (χ3v) is 5.58. The predicted octanol–water partition coefficient (Wildman–Crippen LogP) is 5.17. The van der Waals surface area contributed by atoms with Gasteiger partial charge in [-0.2, -0.15) is 5.26 Å². The molecule has 0 aliphatic heterocycles. The van der Waals surface area contributed by atoms with Crippen LogP contribution >= 0.6 is 0 Å². The summed E-state index contributed by atoms with van der Waals surface area (Å²) in [5.74, 6) is 1.37. The van der Waals surface area contributed by atoms with E-state index in [9.17, 15) is 5.26 Å². The minimum atomic E-state index is 0.597. The maximum atomic E-state index is 9.24. The van der Waals surface area contributed by atoms with Gasteiger partial charge in [0.15, 0.2) is 0 Å². The lowest BCUT2D eigenvalue weighted by Crippen LogP contribution is -2.18. The minimum absolute atomic E-state index is 0.597. The van der Waals surface area contributed by atoms with E-state index in [1.807, 2.05) is 25.1 Å². The van der Waals surface area contributed by atoms with E-state index >= 15 is 0 Å². The summed E-state index contributed by atoms with van der Waals surface area (Å²) >= 11 is 0. The topological polar surface area (TPSA) is 60.5 Å². The van der Waals surface area contributed by atoms with Crippen molar-refractivity contribution >= 4 is 17.1 Å². The van der Waals surface area contributed by atoms with Crippen LogP contribution in [0.3, 0.4) is 0 Å². The molecule has 3 rings (SSSR count). The van der Waals surface area contributed by atoms with Crippen LogP contribution < -0.4 is 0 Å². The van der Waals surface area contributed by atoms with E-state index in [2.05, 4.69) is 18.0 Å². The van der Waals surface area contributed by atoms with Crippen molar-refractivity contribution in [3.8, 4) is 6.07 Å². The smallest absolute Gasteiger partial charge is 0.0991 e. The second-order valence-electron chi connectivity index (χ2n) is 7.16. The molecule has 1 aromatic heterocycles. The molecule has 1 heterocycles. The Morgan fingerprint density at radius 3 is 2.75 bits per heavy atom. The molecular formula is C21H25N3. The molecule has 0 saturated heterocycles. The fourth-order valence-corrected chi connectivity index (χ4v) is 4.15. The van der Waals surface area contributed by atoms with Gasteiger partial charge in [-0.25, -0.2) is 0 Å². The molecule has 124 valence electrons. The number of nitrogens with one attached hydrogen (secondary N) is 1. The third-order valence-electron chi connectivity index (χ3n) is 5.58. The normalized spacial score (nSPS) is 16.7. The highest BCUT2D eigenvalue weighted by Crippen LogP contribution is 2.34. The van der Waals surface area contributed by atoms with Crippen LogP contribution in [0.5, 0.6) is 0 Å². The van der Waals surface area contributed by atoms with E-state index in [-0.39, 0.29) is 0 Å². The Morgan fingerprint density at radius 1 is 1.33 bits per heavy atom. The number of nitriles is 1. The quantitative estimate of drug-likeness (QED) is 0.790. The minimum Gasteiger partial charge on any atom is -0.308 e. The van der Waals surface area contributed by atoms with Crippen molar-refractivity contribution in [2.45, 2.75) is 52.4 Å². The summed E-state index contributed by atoms with van der Waals surface area (Å²) < 4.78 is 0. The average Bonchev–Trinajstić information content (AvgIpc) is 2.62. The molecule has 1 aliphatic carbocycles. The van der Waals surface area contributed by atoms with Crippen molar-refractivity contribution in [3.63, 3.8) is 0 Å². The van der Waals surface area contributed by atoms with Gasteiger partial charge < -0.3 is 5.41 Å². The number of nitrogens with zero attached hydrogens (tertiary/aromatic N) is 2. The van der Waals surface area contributed by atoms with Gasteiger partial charge in [-0.3, -0.25) is 4.98 Å². The van der Waals surface area contributed by atoms with Crippen molar-refractivity contribution in [1.82, 2.24) is 4.98 Å². The van der Waals surface area contributed by atoms with Gasteiger partial charge >= 0.3 is 0 Å². The first-order valence-electron chi connectivity index (χ1n) is 8.98. The van der Waals surface area contributed by atoms with Crippen LogP contribution in [0.4, 0.5) is 0 Å². The van der Waals surface area contributed by atoms with Crippen LogP contribution in [0.25, 0.3) is 10.9 Å². The van der Waals surface area contributed by atoms with Crippen LogP contribution in [-0.2, 0) is 6.42 Å². The molecule has 1 saturated carbocycles. The molecule has 3 nitrogen and oxygen atoms in total. The van der Waals surface area contributed by atoms with Gasteiger partial charge in [0, 0.05) is 22.9 Å². The maximum Gasteiger partial charge on any atom is 0.0991 e. The zero-order valence-corrected chi connectivity index (χ0v) is 14.6. The Bertz CT molecular complexity index is 795. The van der Waals surface area contributed by atoms with E-state index in [0.29, 0.717) is 11.5 Å². The summed E-state index contributed by atoms with van der Waals surface area (Å²) in [6, 6.07) is 7.93. The van der Waals surface area contributed by atoms with E-state index in [4.69, 9.17) is 5.41 Å². The number of hydrogen-bond acceptors (Lipinski definition) is 3. The summed E-state index contributed by atoms with van der Waals surface area (Å²) in [6.45, 7) is 4.33. The first-order valence-corrected chi connectivity index (χ1v) is 8.98. The van der Waals surface area contributed by atoms with Gasteiger partial charge in [-0.1, -0.05) is 39.0 Å². The van der Waals surface area contributed by atoms with Crippen molar-refractivity contribution in [3.05, 3.63) is 40.6 Å². The van der Waals surface area contributed by atoms with Gasteiger partial charge in [0.2, 0.25) is 0 Å². The molecule has 2 aromatic rings. The molecule has 24 heavy (non-hydrogen) atoms. The molecule has 3 heteroatoms. The first-order chi connectivity index (χ1) is 11.6. The van der Waals surface area contributed by atoms with Crippen LogP contribution in [0.1, 0.15) is 61.4 Å². The van der Waals surface area contributed by atoms with E-state index in [1.165, 1.54) is 43.9 Å². The molecule has 1 fully saturated rings. The molecule has 1 atom stereocenters. The fraction of sp³-hybridized carbons (Fsp3) is 0.476. The van der Waals surface area contributed by atoms with Gasteiger partial charge in [0.25, 0.3) is 0 Å². The number of hydrogen-bond donors (Lipinski definition) is 1. The van der Waals surface area contributed by atoms with E-state index in [1.54, 1.807) is 0 Å². The molecule has 1 aliphatic rings. The lowest BCUT2D eigenvalue weighted by atomic mass is 9.77. The summed E-state index contributed by atoms with van der Waals surface area (Å²) in [5.41, 5.74) is 4.63. The van der Waals surface area contributed by atoms with Gasteiger partial charge in [-0.05, 0) is 48.9 Å². The monoisotopic (exact) mass is 319 g/mol. The Labute approximate surface area is 144 Å². The first kappa shape index (κ1) is 16.6. The highest BCUT2D eigenvalue weighted by Gasteiger charge is 2.22. The Morgan fingerprint density at radius 2 is 2.08 bits per heavy atom. The summed E-state index contributed by atoms with van der Waals surface area (Å²) in [5, 5.41) is 18.1. The number of rotatable bonds is 4. The number of aryl methyl sites for hydroxylation is 1. The second kappa shape index (κ2) is 7.13. The van der Waals surface area contributed by atoms with E-state index < -0.39 is 0 Å². The Kier molecular flexibility index (Phi) is 4.94. The molecule has 0 amide bonds. The van der Waals surface area contributed by atoms with Crippen LogP contribution in [0.2, 0.25) is 0 Å². The van der Waals surface area contributed by atoms with E-state index in [0.717, 1.165) is 34.5 Å². The summed E-state index contributed by atoms with van der Waals surface area (Å²) in [7, 11) is 0. The highest BCUT2D eigenvalue weighted by molar-refractivity contribution is 5.93.